The molecule has 0 bridgehead atoms. The molecule has 0 radical (unpaired) electrons. The molecule has 0 saturated carbocycles. The van der Waals surface area contributed by atoms with Crippen LogP contribution in [0.2, 0.25) is 0 Å². The second-order valence-corrected chi connectivity index (χ2v) is 11.5. The van der Waals surface area contributed by atoms with Crippen LogP contribution in [0.15, 0.2) is 28.7 Å². The third kappa shape index (κ3) is 4.80. The highest BCUT2D eigenvalue weighted by Crippen LogP contribution is 2.53. The van der Waals surface area contributed by atoms with Gasteiger partial charge < -0.3 is 41.1 Å². The first-order valence-electron chi connectivity index (χ1n) is 13.7. The highest BCUT2D eigenvalue weighted by Gasteiger charge is 2.63. The molecule has 1 aromatic rings. The van der Waals surface area contributed by atoms with Crippen molar-refractivity contribution in [3.63, 3.8) is 0 Å². The summed E-state index contributed by atoms with van der Waals surface area (Å²) in [5.41, 5.74) is 3.21. The summed E-state index contributed by atoms with van der Waals surface area (Å²) in [6.45, 7) is 0.612. The zero-order chi connectivity index (χ0) is 31.3. The van der Waals surface area contributed by atoms with E-state index >= 15 is 0 Å². The fraction of sp³-hybridized carbons (Fsp3) is 0.517. The quantitative estimate of drug-likeness (QED) is 0.131. The number of benzene rings is 1. The number of carbonyl (C=O) groups is 4. The van der Waals surface area contributed by atoms with Crippen LogP contribution in [0.1, 0.15) is 40.7 Å². The Labute approximate surface area is 243 Å². The standard InChI is InChI=1S/C29H38N4O9/c1-32(2)17-11-14(12-31-8-6-7-18(34)42-5)23(35)20-15(17)9-13-10-16-22(33(3)4)25(37)21(28(30)40)27(39)29(16,41)26(38)19(13)24(20)36/h11,13,16,22,31,35,37-38,41H,6-10,12H2,1-5H3,(H2,30,40). The van der Waals surface area contributed by atoms with Crippen LogP contribution in [0.3, 0.4) is 0 Å². The Balaban J connectivity index is 1.80. The maximum Gasteiger partial charge on any atom is 0.305 e. The van der Waals surface area contributed by atoms with Crippen LogP contribution in [0.4, 0.5) is 5.69 Å². The van der Waals surface area contributed by atoms with E-state index in [1.165, 1.54) is 12.0 Å². The number of likely N-dealkylation sites (N-methyl/N-ethyl adjacent to an activating group) is 1. The van der Waals surface area contributed by atoms with E-state index < -0.39 is 58.0 Å². The van der Waals surface area contributed by atoms with Gasteiger partial charge in [-0.05, 0) is 57.5 Å². The Bertz CT molecular complexity index is 1410. The van der Waals surface area contributed by atoms with Crippen LogP contribution in [0.5, 0.6) is 5.75 Å². The van der Waals surface area contributed by atoms with E-state index in [2.05, 4.69) is 10.1 Å². The van der Waals surface area contributed by atoms with Crippen LogP contribution in [-0.2, 0) is 32.1 Å². The lowest BCUT2D eigenvalue weighted by Crippen LogP contribution is -2.63. The first-order chi connectivity index (χ1) is 19.7. The number of nitrogens with one attached hydrogen (secondary N) is 1. The number of esters is 1. The second-order valence-electron chi connectivity index (χ2n) is 11.5. The molecule has 7 N–H and O–H groups in total. The van der Waals surface area contributed by atoms with Crippen LogP contribution >= 0.6 is 0 Å². The SMILES string of the molecule is COC(=O)CCCNCc1cc(N(C)C)c2c(c1O)C(=O)C1=C(O)C3(O)C(=O)C(C(N)=O)=C(O)C(N(C)C)C3CC1C2. The number of nitrogens with zero attached hydrogens (tertiary/aromatic N) is 2. The molecule has 13 heteroatoms. The average Bonchev–Trinajstić information content (AvgIpc) is 2.90. The predicted octanol–water partition coefficient (Wildman–Crippen LogP) is 0.229. The summed E-state index contributed by atoms with van der Waals surface area (Å²) in [5.74, 6) is -7.19. The van der Waals surface area contributed by atoms with Gasteiger partial charge in [-0.3, -0.25) is 24.1 Å². The maximum atomic E-state index is 14.1. The number of phenolic OH excluding ortho intramolecular Hbond substituents is 1. The van der Waals surface area contributed by atoms with Gasteiger partial charge in [-0.1, -0.05) is 0 Å². The number of carbonyl (C=O) groups excluding carboxylic acids is 4. The van der Waals surface area contributed by atoms with E-state index in [9.17, 15) is 39.6 Å². The smallest absolute Gasteiger partial charge is 0.305 e. The first-order valence-corrected chi connectivity index (χ1v) is 13.7. The van der Waals surface area contributed by atoms with Crippen LogP contribution < -0.4 is 16.0 Å². The molecule has 4 rings (SSSR count). The Hall–Kier alpha value is -3.94. The number of hydrogen-bond donors (Lipinski definition) is 6. The summed E-state index contributed by atoms with van der Waals surface area (Å²) in [5, 5.41) is 48.6. The minimum atomic E-state index is -2.69. The number of Topliss-reactive ketones (excluding diaryl/α,β-unsaturated/α-hetero) is 2. The molecule has 0 spiro atoms. The van der Waals surface area contributed by atoms with Crippen molar-refractivity contribution in [2.24, 2.45) is 17.6 Å². The van der Waals surface area contributed by atoms with E-state index in [1.54, 1.807) is 39.2 Å². The molecule has 3 aliphatic rings. The Kier molecular flexibility index (Phi) is 8.40. The van der Waals surface area contributed by atoms with E-state index in [1.807, 2.05) is 0 Å². The van der Waals surface area contributed by atoms with Crippen molar-refractivity contribution >= 4 is 29.1 Å². The summed E-state index contributed by atoms with van der Waals surface area (Å²) in [7, 11) is 8.07. The summed E-state index contributed by atoms with van der Waals surface area (Å²) >= 11 is 0. The lowest BCUT2D eigenvalue weighted by atomic mass is 9.58. The molecule has 228 valence electrons. The van der Waals surface area contributed by atoms with Crippen molar-refractivity contribution in [1.29, 1.82) is 0 Å². The minimum absolute atomic E-state index is 0.0168. The fourth-order valence-electron chi connectivity index (χ4n) is 6.57. The number of anilines is 1. The molecular formula is C29H38N4O9. The number of aromatic hydroxyl groups is 1. The number of amides is 1. The summed E-state index contributed by atoms with van der Waals surface area (Å²) in [6.07, 6.45) is 0.933. The molecule has 42 heavy (non-hydrogen) atoms. The number of nitrogens with two attached hydrogens (primary N) is 1. The van der Waals surface area contributed by atoms with Gasteiger partial charge in [-0.25, -0.2) is 0 Å². The number of fused-ring (bicyclic) bond motifs is 3. The van der Waals surface area contributed by atoms with Crippen molar-refractivity contribution in [2.75, 3.05) is 46.7 Å². The molecule has 3 aliphatic carbocycles. The largest absolute Gasteiger partial charge is 0.510 e. The maximum absolute atomic E-state index is 14.1. The third-order valence-electron chi connectivity index (χ3n) is 8.54. The van der Waals surface area contributed by atoms with E-state index in [4.69, 9.17) is 5.73 Å². The lowest BCUT2D eigenvalue weighted by Gasteiger charge is -2.50. The van der Waals surface area contributed by atoms with Crippen molar-refractivity contribution in [3.05, 3.63) is 45.4 Å². The number of allylic oxidation sites excluding steroid dienone is 1. The number of ketones is 2. The number of ether oxygens (including phenoxy) is 1. The van der Waals surface area contributed by atoms with Gasteiger partial charge in [0.2, 0.25) is 5.78 Å². The molecule has 0 heterocycles. The number of rotatable bonds is 9. The van der Waals surface area contributed by atoms with Gasteiger partial charge in [0.15, 0.2) is 11.4 Å². The molecule has 4 unspecified atom stereocenters. The zero-order valence-corrected chi connectivity index (χ0v) is 24.4. The number of phenols is 1. The monoisotopic (exact) mass is 586 g/mol. The van der Waals surface area contributed by atoms with Crippen molar-refractivity contribution in [3.8, 4) is 5.75 Å². The summed E-state index contributed by atoms with van der Waals surface area (Å²) < 4.78 is 4.64. The highest BCUT2D eigenvalue weighted by atomic mass is 16.5. The molecule has 0 aromatic heterocycles. The molecule has 0 fully saturated rings. The molecule has 1 aromatic carbocycles. The van der Waals surface area contributed by atoms with Crippen LogP contribution in [0, 0.1) is 11.8 Å². The number of hydrogen-bond acceptors (Lipinski definition) is 12. The molecule has 13 nitrogen and oxygen atoms in total. The first kappa shape index (κ1) is 31.0. The Morgan fingerprint density at radius 2 is 1.83 bits per heavy atom. The number of aliphatic hydroxyl groups is 3. The van der Waals surface area contributed by atoms with Crippen molar-refractivity contribution < 1.29 is 44.3 Å². The molecule has 1 amide bonds. The normalized spacial score (nSPS) is 25.3. The highest BCUT2D eigenvalue weighted by molar-refractivity contribution is 6.25. The minimum Gasteiger partial charge on any atom is -0.510 e. The van der Waals surface area contributed by atoms with Crippen molar-refractivity contribution in [2.45, 2.75) is 43.9 Å². The van der Waals surface area contributed by atoms with E-state index in [-0.39, 0.29) is 48.7 Å². The summed E-state index contributed by atoms with van der Waals surface area (Å²) in [4.78, 5) is 54.4. The lowest BCUT2D eigenvalue weighted by molar-refractivity contribution is -0.148. The van der Waals surface area contributed by atoms with Gasteiger partial charge in [0.1, 0.15) is 22.8 Å². The van der Waals surface area contributed by atoms with E-state index in [0.717, 1.165) is 0 Å². The second kappa shape index (κ2) is 11.4. The molecule has 0 aliphatic heterocycles. The van der Waals surface area contributed by atoms with Crippen molar-refractivity contribution in [1.82, 2.24) is 10.2 Å². The van der Waals surface area contributed by atoms with E-state index in [0.29, 0.717) is 29.8 Å². The van der Waals surface area contributed by atoms with Gasteiger partial charge >= 0.3 is 5.97 Å². The Morgan fingerprint density at radius 3 is 2.40 bits per heavy atom. The fourth-order valence-corrected chi connectivity index (χ4v) is 6.57. The number of aliphatic hydroxyl groups excluding tert-OH is 2. The van der Waals surface area contributed by atoms with Gasteiger partial charge in [0, 0.05) is 49.8 Å². The Morgan fingerprint density at radius 1 is 1.17 bits per heavy atom. The van der Waals surface area contributed by atoms with Crippen LogP contribution in [0.25, 0.3) is 0 Å². The third-order valence-corrected chi connectivity index (χ3v) is 8.54. The predicted molar refractivity (Wildman–Crippen MR) is 151 cm³/mol. The number of primary amides is 1. The summed E-state index contributed by atoms with van der Waals surface area (Å²) in [6, 6.07) is 0.716. The van der Waals surface area contributed by atoms with Gasteiger partial charge in [0.05, 0.1) is 18.7 Å². The van der Waals surface area contributed by atoms with Gasteiger partial charge in [0.25, 0.3) is 5.91 Å². The van der Waals surface area contributed by atoms with Gasteiger partial charge in [-0.2, -0.15) is 0 Å². The molecular weight excluding hydrogens is 548 g/mol. The molecule has 0 saturated heterocycles. The number of methoxy groups -OCH3 is 1. The van der Waals surface area contributed by atoms with Gasteiger partial charge in [-0.15, -0.1) is 0 Å². The van der Waals surface area contributed by atoms with Crippen LogP contribution in [-0.4, -0.2) is 102 Å². The molecule has 4 atom stereocenters. The zero-order valence-electron chi connectivity index (χ0n) is 24.4. The topological polar surface area (TPSA) is 203 Å². The average molecular weight is 587 g/mol.